The van der Waals surface area contributed by atoms with E-state index >= 15 is 0 Å². The SMILES string of the molecule is Cc1ccc(CCc2nnc(CCCNC(C)C)s2)cc1. The minimum atomic E-state index is 0.560. The Kier molecular flexibility index (Phi) is 6.33. The molecule has 0 saturated heterocycles. The molecule has 3 nitrogen and oxygen atoms in total. The van der Waals surface area contributed by atoms with E-state index in [9.17, 15) is 0 Å². The summed E-state index contributed by atoms with van der Waals surface area (Å²) < 4.78 is 0. The van der Waals surface area contributed by atoms with Gasteiger partial charge in [-0.2, -0.15) is 0 Å². The third-order valence-electron chi connectivity index (χ3n) is 3.38. The van der Waals surface area contributed by atoms with Gasteiger partial charge >= 0.3 is 0 Å². The average Bonchev–Trinajstić information content (AvgIpc) is 2.91. The van der Waals surface area contributed by atoms with Gasteiger partial charge in [-0.1, -0.05) is 43.7 Å². The van der Waals surface area contributed by atoms with Crippen molar-refractivity contribution in [2.45, 2.75) is 52.5 Å². The second kappa shape index (κ2) is 8.25. The van der Waals surface area contributed by atoms with Gasteiger partial charge < -0.3 is 5.32 Å². The molecule has 1 N–H and O–H groups in total. The molecule has 1 aromatic heterocycles. The summed E-state index contributed by atoms with van der Waals surface area (Å²) in [6.45, 7) is 7.52. The Balaban J connectivity index is 1.73. The van der Waals surface area contributed by atoms with Gasteiger partial charge in [-0.25, -0.2) is 0 Å². The molecule has 0 radical (unpaired) electrons. The van der Waals surface area contributed by atoms with Crippen LogP contribution in [0.3, 0.4) is 0 Å². The van der Waals surface area contributed by atoms with Gasteiger partial charge in [0.2, 0.25) is 0 Å². The van der Waals surface area contributed by atoms with Crippen LogP contribution in [0.15, 0.2) is 24.3 Å². The third-order valence-corrected chi connectivity index (χ3v) is 4.42. The molecule has 2 rings (SSSR count). The van der Waals surface area contributed by atoms with E-state index < -0.39 is 0 Å². The number of nitrogens with zero attached hydrogens (tertiary/aromatic N) is 2. The monoisotopic (exact) mass is 303 g/mol. The van der Waals surface area contributed by atoms with E-state index in [-0.39, 0.29) is 0 Å². The van der Waals surface area contributed by atoms with Crippen molar-refractivity contribution in [2.24, 2.45) is 0 Å². The maximum atomic E-state index is 4.31. The predicted octanol–water partition coefficient (Wildman–Crippen LogP) is 3.56. The molecule has 0 aliphatic rings. The number of rotatable bonds is 8. The van der Waals surface area contributed by atoms with Gasteiger partial charge in [-0.3, -0.25) is 0 Å². The van der Waals surface area contributed by atoms with Gasteiger partial charge in [-0.15, -0.1) is 21.5 Å². The zero-order valence-electron chi connectivity index (χ0n) is 13.2. The average molecular weight is 303 g/mol. The third kappa shape index (κ3) is 5.94. The minimum Gasteiger partial charge on any atom is -0.315 e. The summed E-state index contributed by atoms with van der Waals surface area (Å²) in [4.78, 5) is 0. The summed E-state index contributed by atoms with van der Waals surface area (Å²) >= 11 is 1.76. The van der Waals surface area contributed by atoms with Gasteiger partial charge in [0.25, 0.3) is 0 Å². The lowest BCUT2D eigenvalue weighted by molar-refractivity contribution is 0.569. The van der Waals surface area contributed by atoms with E-state index in [1.54, 1.807) is 11.3 Å². The first-order valence-electron chi connectivity index (χ1n) is 7.73. The van der Waals surface area contributed by atoms with Crippen LogP contribution in [0.1, 0.15) is 41.4 Å². The largest absolute Gasteiger partial charge is 0.315 e. The molecular weight excluding hydrogens is 278 g/mol. The van der Waals surface area contributed by atoms with Gasteiger partial charge in [0.15, 0.2) is 0 Å². The second-order valence-corrected chi connectivity index (χ2v) is 6.93. The molecule has 0 fully saturated rings. The molecular formula is C17H25N3S. The summed E-state index contributed by atoms with van der Waals surface area (Å²) in [5.41, 5.74) is 2.69. The maximum Gasteiger partial charge on any atom is 0.117 e. The number of benzene rings is 1. The van der Waals surface area contributed by atoms with E-state index in [1.165, 1.54) is 16.1 Å². The highest BCUT2D eigenvalue weighted by Crippen LogP contribution is 2.14. The van der Waals surface area contributed by atoms with Crippen LogP contribution in [0.4, 0.5) is 0 Å². The molecule has 0 unspecified atom stereocenters. The Labute approximate surface area is 131 Å². The first kappa shape index (κ1) is 16.1. The molecule has 2 aromatic rings. The molecule has 4 heteroatoms. The van der Waals surface area contributed by atoms with Crippen LogP contribution in [0.5, 0.6) is 0 Å². The van der Waals surface area contributed by atoms with Gasteiger partial charge in [0.1, 0.15) is 10.0 Å². The molecule has 0 aliphatic heterocycles. The minimum absolute atomic E-state index is 0.560. The van der Waals surface area contributed by atoms with Crippen LogP contribution >= 0.6 is 11.3 Å². The molecule has 114 valence electrons. The van der Waals surface area contributed by atoms with E-state index in [2.05, 4.69) is 60.6 Å². The summed E-state index contributed by atoms with van der Waals surface area (Å²) in [5, 5.41) is 14.4. The van der Waals surface area contributed by atoms with Crippen molar-refractivity contribution in [3.8, 4) is 0 Å². The molecule has 0 amide bonds. The molecule has 0 atom stereocenters. The highest BCUT2D eigenvalue weighted by atomic mass is 32.1. The molecule has 0 saturated carbocycles. The Morgan fingerprint density at radius 2 is 1.67 bits per heavy atom. The van der Waals surface area contributed by atoms with Crippen LogP contribution in [0.2, 0.25) is 0 Å². The van der Waals surface area contributed by atoms with Crippen LogP contribution in [0.25, 0.3) is 0 Å². The topological polar surface area (TPSA) is 37.8 Å². The van der Waals surface area contributed by atoms with Crippen molar-refractivity contribution in [2.75, 3.05) is 6.54 Å². The van der Waals surface area contributed by atoms with Crippen molar-refractivity contribution < 1.29 is 0 Å². The molecule has 1 aromatic carbocycles. The van der Waals surface area contributed by atoms with Crippen molar-refractivity contribution in [3.63, 3.8) is 0 Å². The standard InChI is InChI=1S/C17H25N3S/c1-13(2)18-12-4-5-16-19-20-17(21-16)11-10-15-8-6-14(3)7-9-15/h6-9,13,18H,4-5,10-12H2,1-3H3. The summed E-state index contributed by atoms with van der Waals surface area (Å²) in [5.74, 6) is 0. The molecule has 0 bridgehead atoms. The number of hydrogen-bond acceptors (Lipinski definition) is 4. The quantitative estimate of drug-likeness (QED) is 0.758. The lowest BCUT2D eigenvalue weighted by Crippen LogP contribution is -2.23. The number of aryl methyl sites for hydroxylation is 4. The summed E-state index contributed by atoms with van der Waals surface area (Å²) in [7, 11) is 0. The van der Waals surface area contributed by atoms with Crippen LogP contribution in [-0.4, -0.2) is 22.8 Å². The van der Waals surface area contributed by atoms with Crippen molar-refractivity contribution in [1.82, 2.24) is 15.5 Å². The van der Waals surface area contributed by atoms with E-state index in [1.807, 2.05) is 0 Å². The van der Waals surface area contributed by atoms with E-state index in [0.29, 0.717) is 6.04 Å². The fraction of sp³-hybridized carbons (Fsp3) is 0.529. The van der Waals surface area contributed by atoms with Crippen molar-refractivity contribution in [1.29, 1.82) is 0 Å². The van der Waals surface area contributed by atoms with Gasteiger partial charge in [0, 0.05) is 18.9 Å². The predicted molar refractivity (Wildman–Crippen MR) is 90.0 cm³/mol. The summed E-state index contributed by atoms with van der Waals surface area (Å²) in [6, 6.07) is 9.30. The highest BCUT2D eigenvalue weighted by molar-refractivity contribution is 7.11. The fourth-order valence-corrected chi connectivity index (χ4v) is 3.01. The lowest BCUT2D eigenvalue weighted by atomic mass is 10.1. The molecule has 0 aliphatic carbocycles. The van der Waals surface area contributed by atoms with Crippen molar-refractivity contribution >= 4 is 11.3 Å². The van der Waals surface area contributed by atoms with Crippen LogP contribution in [-0.2, 0) is 19.3 Å². The molecule has 1 heterocycles. The first-order chi connectivity index (χ1) is 10.1. The fourth-order valence-electron chi connectivity index (χ4n) is 2.13. The Hall–Kier alpha value is -1.26. The smallest absolute Gasteiger partial charge is 0.117 e. The number of aromatic nitrogens is 2. The van der Waals surface area contributed by atoms with E-state index in [4.69, 9.17) is 0 Å². The van der Waals surface area contributed by atoms with E-state index in [0.717, 1.165) is 37.2 Å². The normalized spacial score (nSPS) is 11.2. The number of nitrogens with one attached hydrogen (secondary N) is 1. The molecule has 21 heavy (non-hydrogen) atoms. The lowest BCUT2D eigenvalue weighted by Gasteiger charge is -2.05. The highest BCUT2D eigenvalue weighted by Gasteiger charge is 2.05. The Bertz CT molecular complexity index is 531. The van der Waals surface area contributed by atoms with Gasteiger partial charge in [0.05, 0.1) is 0 Å². The molecule has 0 spiro atoms. The first-order valence-corrected chi connectivity index (χ1v) is 8.55. The van der Waals surface area contributed by atoms with Gasteiger partial charge in [-0.05, 0) is 31.9 Å². The van der Waals surface area contributed by atoms with Crippen molar-refractivity contribution in [3.05, 3.63) is 45.4 Å². The van der Waals surface area contributed by atoms with Crippen LogP contribution in [0, 0.1) is 6.92 Å². The maximum absolute atomic E-state index is 4.31. The summed E-state index contributed by atoms with van der Waals surface area (Å²) in [6.07, 6.45) is 4.20. The zero-order valence-corrected chi connectivity index (χ0v) is 14.0. The Morgan fingerprint density at radius 1 is 1.00 bits per heavy atom. The van der Waals surface area contributed by atoms with Crippen LogP contribution < -0.4 is 5.32 Å². The second-order valence-electron chi connectivity index (χ2n) is 5.79. The zero-order chi connectivity index (χ0) is 15.1. The number of hydrogen-bond donors (Lipinski definition) is 1. The Morgan fingerprint density at radius 3 is 2.33 bits per heavy atom.